The number of nitrogens with zero attached hydrogens (tertiary/aromatic N) is 1. The number of benzene rings is 3. The van der Waals surface area contributed by atoms with Crippen LogP contribution in [0.5, 0.6) is 17.2 Å². The number of amides is 1. The van der Waals surface area contributed by atoms with Crippen molar-refractivity contribution in [3.63, 3.8) is 0 Å². The number of carboxylic acid groups (broad SMARTS) is 1. The number of phenols is 3. The fourth-order valence-electron chi connectivity index (χ4n) is 2.84. The summed E-state index contributed by atoms with van der Waals surface area (Å²) in [5.74, 6) is -3.13. The molecule has 174 valence electrons. The average Bonchev–Trinajstić information content (AvgIpc) is 3.23. The molecule has 1 amide bonds. The first-order valence-electron chi connectivity index (χ1n) is 9.62. The number of ketones is 1. The van der Waals surface area contributed by atoms with Crippen molar-refractivity contribution in [3.05, 3.63) is 77.4 Å². The van der Waals surface area contributed by atoms with Crippen molar-refractivity contribution in [2.24, 2.45) is 0 Å². The molecule has 0 bridgehead atoms. The molecule has 0 aliphatic rings. The summed E-state index contributed by atoms with van der Waals surface area (Å²) in [4.78, 5) is 41.0. The van der Waals surface area contributed by atoms with Crippen molar-refractivity contribution >= 4 is 34.8 Å². The second-order valence-corrected chi connectivity index (χ2v) is 6.80. The fraction of sp³-hybridized carbons (Fsp3) is 0.0435. The Bertz CT molecular complexity index is 1340. The van der Waals surface area contributed by atoms with E-state index in [2.05, 4.69) is 20.0 Å². The summed E-state index contributed by atoms with van der Waals surface area (Å²) in [6, 6.07) is 15.9. The molecule has 0 fully saturated rings. The molecule has 0 saturated carbocycles. The predicted molar refractivity (Wildman–Crippen MR) is 120 cm³/mol. The van der Waals surface area contributed by atoms with Crippen molar-refractivity contribution < 1.29 is 39.5 Å². The third kappa shape index (κ3) is 5.40. The highest BCUT2D eigenvalue weighted by Crippen LogP contribution is 2.35. The van der Waals surface area contributed by atoms with Crippen molar-refractivity contribution in [1.29, 1.82) is 0 Å². The maximum atomic E-state index is 12.4. The molecular weight excluding hydrogens is 446 g/mol. The number of carboxylic acids is 1. The summed E-state index contributed by atoms with van der Waals surface area (Å²) < 4.78 is 4.51. The van der Waals surface area contributed by atoms with E-state index in [9.17, 15) is 14.4 Å². The second kappa shape index (κ2) is 10.0. The van der Waals surface area contributed by atoms with Gasteiger partial charge in [-0.25, -0.2) is 14.6 Å². The van der Waals surface area contributed by atoms with Gasteiger partial charge in [-0.3, -0.25) is 10.1 Å². The Labute approximate surface area is 191 Å². The van der Waals surface area contributed by atoms with Crippen LogP contribution in [0.1, 0.15) is 26.3 Å². The number of rotatable bonds is 4. The van der Waals surface area contributed by atoms with Gasteiger partial charge in [-0.2, -0.15) is 0 Å². The van der Waals surface area contributed by atoms with Crippen molar-refractivity contribution in [1.82, 2.24) is 9.97 Å². The highest BCUT2D eigenvalue weighted by molar-refractivity contribution is 6.10. The number of carbonyl (C=O) groups is 3. The maximum absolute atomic E-state index is 12.4. The summed E-state index contributed by atoms with van der Waals surface area (Å²) in [6.45, 7) is 0. The van der Waals surface area contributed by atoms with E-state index in [1.165, 1.54) is 7.11 Å². The van der Waals surface area contributed by atoms with E-state index in [4.69, 9.17) is 20.4 Å². The lowest BCUT2D eigenvalue weighted by molar-refractivity contribution is 0.0695. The zero-order valence-corrected chi connectivity index (χ0v) is 17.6. The van der Waals surface area contributed by atoms with E-state index in [1.54, 1.807) is 30.3 Å². The topological polar surface area (TPSA) is 182 Å². The number of aromatic amines is 1. The van der Waals surface area contributed by atoms with Gasteiger partial charge < -0.3 is 30.1 Å². The van der Waals surface area contributed by atoms with Crippen LogP contribution in [0.15, 0.2) is 60.7 Å². The number of ether oxygens (including phenoxy) is 1. The number of aromatic hydroxyl groups is 3. The van der Waals surface area contributed by atoms with Crippen molar-refractivity contribution in [2.75, 3.05) is 12.4 Å². The number of hydrogen-bond donors (Lipinski definition) is 6. The molecular formula is C23H19N3O8. The first-order chi connectivity index (χ1) is 16.2. The Hall–Kier alpha value is -5.06. The number of fused-ring (bicyclic) bond motifs is 1. The van der Waals surface area contributed by atoms with E-state index in [1.807, 2.05) is 18.2 Å². The van der Waals surface area contributed by atoms with Gasteiger partial charge in [-0.1, -0.05) is 30.3 Å². The number of phenolic OH excluding ortho intramolecular Hbond substituents is 3. The highest BCUT2D eigenvalue weighted by Gasteiger charge is 2.13. The zero-order chi connectivity index (χ0) is 24.8. The molecule has 4 aromatic rings. The highest BCUT2D eigenvalue weighted by atomic mass is 16.5. The van der Waals surface area contributed by atoms with Crippen LogP contribution in [0.3, 0.4) is 0 Å². The molecule has 11 heteroatoms. The van der Waals surface area contributed by atoms with Crippen LogP contribution in [-0.2, 0) is 4.74 Å². The molecule has 0 aliphatic carbocycles. The number of nitrogens with one attached hydrogen (secondary N) is 2. The van der Waals surface area contributed by atoms with Crippen molar-refractivity contribution in [3.8, 4) is 17.2 Å². The number of aromatic carboxylic acids is 1. The first kappa shape index (κ1) is 23.6. The van der Waals surface area contributed by atoms with Crippen LogP contribution in [0.25, 0.3) is 11.0 Å². The summed E-state index contributed by atoms with van der Waals surface area (Å²) in [7, 11) is 1.27. The average molecular weight is 465 g/mol. The van der Waals surface area contributed by atoms with Gasteiger partial charge in [0.15, 0.2) is 23.0 Å². The monoisotopic (exact) mass is 465 g/mol. The molecule has 4 rings (SSSR count). The van der Waals surface area contributed by atoms with E-state index >= 15 is 0 Å². The van der Waals surface area contributed by atoms with E-state index < -0.39 is 29.3 Å². The maximum Gasteiger partial charge on any atom is 0.413 e. The minimum absolute atomic E-state index is 0.0698. The summed E-state index contributed by atoms with van der Waals surface area (Å²) in [5.41, 5.74) is 2.19. The SMILES string of the molecule is COC(=O)Nc1nc2ccc(C(=O)c3ccccc3)cc2[nH]1.O=C(O)c1cc(O)c(O)c(O)c1. The van der Waals surface area contributed by atoms with Crippen LogP contribution < -0.4 is 5.32 Å². The molecule has 11 nitrogen and oxygen atoms in total. The number of imidazole rings is 1. The molecule has 0 aliphatic heterocycles. The molecule has 0 unspecified atom stereocenters. The number of anilines is 1. The van der Waals surface area contributed by atoms with Gasteiger partial charge in [-0.15, -0.1) is 0 Å². The molecule has 0 saturated heterocycles. The Morgan fingerprint density at radius 2 is 1.53 bits per heavy atom. The molecule has 6 N–H and O–H groups in total. The normalized spacial score (nSPS) is 10.1. The Morgan fingerprint density at radius 3 is 2.12 bits per heavy atom. The number of aromatic nitrogens is 2. The van der Waals surface area contributed by atoms with Gasteiger partial charge in [0.25, 0.3) is 0 Å². The summed E-state index contributed by atoms with van der Waals surface area (Å²) in [6.07, 6.45) is -0.611. The third-order valence-corrected chi connectivity index (χ3v) is 4.50. The number of methoxy groups -OCH3 is 1. The Balaban J connectivity index is 0.000000229. The first-order valence-corrected chi connectivity index (χ1v) is 9.62. The minimum atomic E-state index is -1.29. The standard InChI is InChI=1S/C16H13N3O3.C7H6O5/c1-22-16(21)19-15-17-12-8-7-11(9-13(12)18-15)14(20)10-5-3-2-4-6-10;8-4-1-3(7(11)12)2-5(9)6(4)10/h2-9H,1H3,(H2,17,18,19,21);1-2,8-10H,(H,11,12). The smallest absolute Gasteiger partial charge is 0.413 e. The van der Waals surface area contributed by atoms with E-state index in [0.29, 0.717) is 22.2 Å². The lowest BCUT2D eigenvalue weighted by Gasteiger charge is -2.01. The van der Waals surface area contributed by atoms with Gasteiger partial charge in [0.05, 0.1) is 23.7 Å². The quantitative estimate of drug-likeness (QED) is 0.194. The minimum Gasteiger partial charge on any atom is -0.504 e. The van der Waals surface area contributed by atoms with Gasteiger partial charge >= 0.3 is 12.1 Å². The van der Waals surface area contributed by atoms with E-state index in [0.717, 1.165) is 12.1 Å². The van der Waals surface area contributed by atoms with Crippen LogP contribution in [0.4, 0.5) is 10.7 Å². The van der Waals surface area contributed by atoms with Crippen LogP contribution in [-0.4, -0.2) is 55.3 Å². The van der Waals surface area contributed by atoms with Crippen LogP contribution >= 0.6 is 0 Å². The Kier molecular flexibility index (Phi) is 6.97. The molecule has 0 atom stereocenters. The second-order valence-electron chi connectivity index (χ2n) is 6.80. The van der Waals surface area contributed by atoms with Crippen molar-refractivity contribution in [2.45, 2.75) is 0 Å². The van der Waals surface area contributed by atoms with Crippen LogP contribution in [0.2, 0.25) is 0 Å². The van der Waals surface area contributed by atoms with Gasteiger partial charge in [-0.05, 0) is 30.3 Å². The number of carbonyl (C=O) groups excluding carboxylic acids is 2. The predicted octanol–water partition coefficient (Wildman–Crippen LogP) is 3.47. The molecule has 1 aromatic heterocycles. The van der Waals surface area contributed by atoms with Gasteiger partial charge in [0, 0.05) is 11.1 Å². The molecule has 3 aromatic carbocycles. The molecule has 1 heterocycles. The van der Waals surface area contributed by atoms with Gasteiger partial charge in [0.1, 0.15) is 0 Å². The summed E-state index contributed by atoms with van der Waals surface area (Å²) in [5, 5.41) is 37.4. The number of hydrogen-bond acceptors (Lipinski definition) is 8. The van der Waals surface area contributed by atoms with Gasteiger partial charge in [0.2, 0.25) is 5.95 Å². The molecule has 0 spiro atoms. The zero-order valence-electron chi connectivity index (χ0n) is 17.6. The third-order valence-electron chi connectivity index (χ3n) is 4.50. The van der Waals surface area contributed by atoms with Crippen LogP contribution in [0, 0.1) is 0 Å². The lowest BCUT2D eigenvalue weighted by Crippen LogP contribution is -2.11. The fourth-order valence-corrected chi connectivity index (χ4v) is 2.84. The number of H-pyrrole nitrogens is 1. The Morgan fingerprint density at radius 1 is 0.882 bits per heavy atom. The largest absolute Gasteiger partial charge is 0.504 e. The molecule has 0 radical (unpaired) electrons. The lowest BCUT2D eigenvalue weighted by atomic mass is 10.0. The molecule has 34 heavy (non-hydrogen) atoms. The summed E-state index contributed by atoms with van der Waals surface area (Å²) >= 11 is 0. The van der Waals surface area contributed by atoms with E-state index in [-0.39, 0.29) is 17.3 Å².